The van der Waals surface area contributed by atoms with Gasteiger partial charge in [0.15, 0.2) is 5.13 Å². The van der Waals surface area contributed by atoms with Crippen LogP contribution in [-0.4, -0.2) is 17.1 Å². The van der Waals surface area contributed by atoms with Gasteiger partial charge in [0, 0.05) is 27.2 Å². The quantitative estimate of drug-likeness (QED) is 0.126. The number of hydrogen-bond acceptors (Lipinski definition) is 6. The highest BCUT2D eigenvalue weighted by atomic mass is 79.9. The third-order valence-electron chi connectivity index (χ3n) is 5.69. The van der Waals surface area contributed by atoms with E-state index >= 15 is 0 Å². The Balaban J connectivity index is 1.14. The summed E-state index contributed by atoms with van der Waals surface area (Å²) in [4.78, 5) is 17.2. The summed E-state index contributed by atoms with van der Waals surface area (Å²) in [6.45, 7) is 0.311. The first-order chi connectivity index (χ1) is 19.4. The molecule has 5 aromatic rings. The van der Waals surface area contributed by atoms with Crippen LogP contribution in [0.2, 0.25) is 5.02 Å². The van der Waals surface area contributed by atoms with Crippen LogP contribution in [0.25, 0.3) is 11.3 Å². The standard InChI is InChI=1S/C30H21BrClFN4O2S/c31-26-15-20(3-14-28(26)39-17-19-1-10-24(33)11-2-19)16-34-37-29(38)22-6-4-21(5-7-22)27-18-40-30(36-27)35-25-12-8-23(32)9-13-25/h1-16,18H,17H2,(H,35,36)(H,37,38)/b34-16-. The molecule has 0 bridgehead atoms. The minimum Gasteiger partial charge on any atom is -0.488 e. The molecule has 4 aromatic carbocycles. The topological polar surface area (TPSA) is 75.6 Å². The normalized spacial score (nSPS) is 11.0. The first-order valence-electron chi connectivity index (χ1n) is 12.0. The van der Waals surface area contributed by atoms with Crippen LogP contribution in [0.4, 0.5) is 15.2 Å². The van der Waals surface area contributed by atoms with Gasteiger partial charge >= 0.3 is 0 Å². The number of rotatable bonds is 9. The van der Waals surface area contributed by atoms with Crippen molar-refractivity contribution in [2.24, 2.45) is 5.10 Å². The van der Waals surface area contributed by atoms with E-state index in [1.54, 1.807) is 36.5 Å². The molecule has 1 aromatic heterocycles. The van der Waals surface area contributed by atoms with Gasteiger partial charge in [0.1, 0.15) is 18.2 Å². The molecule has 0 aliphatic rings. The van der Waals surface area contributed by atoms with Crippen LogP contribution in [0.3, 0.4) is 0 Å². The van der Waals surface area contributed by atoms with Gasteiger partial charge in [-0.1, -0.05) is 35.9 Å². The number of benzene rings is 4. The van der Waals surface area contributed by atoms with Crippen LogP contribution in [0, 0.1) is 5.82 Å². The molecule has 0 aliphatic heterocycles. The Labute approximate surface area is 247 Å². The first kappa shape index (κ1) is 27.5. The van der Waals surface area contributed by atoms with Gasteiger partial charge < -0.3 is 10.1 Å². The van der Waals surface area contributed by atoms with Crippen molar-refractivity contribution in [2.45, 2.75) is 6.61 Å². The van der Waals surface area contributed by atoms with Crippen LogP contribution < -0.4 is 15.5 Å². The second kappa shape index (κ2) is 12.9. The predicted molar refractivity (Wildman–Crippen MR) is 162 cm³/mol. The molecule has 0 radical (unpaired) electrons. The molecule has 0 unspecified atom stereocenters. The lowest BCUT2D eigenvalue weighted by Gasteiger charge is -2.09. The molecule has 0 saturated heterocycles. The molecule has 6 nitrogen and oxygen atoms in total. The summed E-state index contributed by atoms with van der Waals surface area (Å²) in [6.07, 6.45) is 1.55. The highest BCUT2D eigenvalue weighted by Gasteiger charge is 2.09. The summed E-state index contributed by atoms with van der Waals surface area (Å²) < 4.78 is 19.6. The Bertz CT molecular complexity index is 1640. The summed E-state index contributed by atoms with van der Waals surface area (Å²) >= 11 is 10.9. The zero-order valence-electron chi connectivity index (χ0n) is 20.8. The number of ether oxygens (including phenoxy) is 1. The third-order valence-corrected chi connectivity index (χ3v) is 7.32. The van der Waals surface area contributed by atoms with Crippen molar-refractivity contribution in [3.8, 4) is 17.0 Å². The number of amides is 1. The summed E-state index contributed by atoms with van der Waals surface area (Å²) in [5.41, 5.74) is 7.25. The fourth-order valence-electron chi connectivity index (χ4n) is 3.60. The minimum absolute atomic E-state index is 0.286. The largest absolute Gasteiger partial charge is 0.488 e. The van der Waals surface area contributed by atoms with E-state index in [1.807, 2.05) is 53.9 Å². The van der Waals surface area contributed by atoms with Gasteiger partial charge in [-0.05, 0) is 93.8 Å². The lowest BCUT2D eigenvalue weighted by molar-refractivity contribution is 0.0955. The number of thiazole rings is 1. The Morgan fingerprint density at radius 1 is 1.02 bits per heavy atom. The van der Waals surface area contributed by atoms with Crippen LogP contribution in [0.5, 0.6) is 5.75 Å². The fraction of sp³-hybridized carbons (Fsp3) is 0.0333. The Morgan fingerprint density at radius 3 is 2.50 bits per heavy atom. The predicted octanol–water partition coefficient (Wildman–Crippen LogP) is 8.45. The number of hydrazone groups is 1. The fourth-order valence-corrected chi connectivity index (χ4v) is 4.98. The van der Waals surface area contributed by atoms with Crippen molar-refractivity contribution >= 4 is 61.8 Å². The van der Waals surface area contributed by atoms with Gasteiger partial charge in [0.05, 0.1) is 16.4 Å². The van der Waals surface area contributed by atoms with E-state index in [9.17, 15) is 9.18 Å². The van der Waals surface area contributed by atoms with Crippen LogP contribution in [0.15, 0.2) is 106 Å². The monoisotopic (exact) mass is 634 g/mol. The molecular formula is C30H21BrClFN4O2S. The molecule has 0 aliphatic carbocycles. The van der Waals surface area contributed by atoms with Crippen LogP contribution in [0.1, 0.15) is 21.5 Å². The maximum absolute atomic E-state index is 13.1. The minimum atomic E-state index is -0.329. The summed E-state index contributed by atoms with van der Waals surface area (Å²) in [5, 5.41) is 10.7. The van der Waals surface area contributed by atoms with E-state index in [2.05, 4.69) is 36.8 Å². The second-order valence-electron chi connectivity index (χ2n) is 8.55. The second-order valence-corrected chi connectivity index (χ2v) is 10.7. The Kier molecular flexibility index (Phi) is 8.85. The molecule has 2 N–H and O–H groups in total. The Hall–Kier alpha value is -4.05. The number of carbonyl (C=O) groups is 1. The molecule has 0 fully saturated rings. The van der Waals surface area contributed by atoms with Crippen molar-refractivity contribution in [2.75, 3.05) is 5.32 Å². The van der Waals surface area contributed by atoms with Gasteiger partial charge in [0.25, 0.3) is 5.91 Å². The molecule has 5 rings (SSSR count). The highest BCUT2D eigenvalue weighted by Crippen LogP contribution is 2.28. The Morgan fingerprint density at radius 2 is 1.77 bits per heavy atom. The number of hydrogen-bond donors (Lipinski definition) is 2. The zero-order chi connectivity index (χ0) is 27.9. The summed E-state index contributed by atoms with van der Waals surface area (Å²) in [6, 6.07) is 26.2. The molecule has 1 amide bonds. The lowest BCUT2D eigenvalue weighted by atomic mass is 10.1. The summed E-state index contributed by atoms with van der Waals surface area (Å²) in [7, 11) is 0. The smallest absolute Gasteiger partial charge is 0.271 e. The van der Waals surface area contributed by atoms with Crippen molar-refractivity contribution < 1.29 is 13.9 Å². The maximum atomic E-state index is 13.1. The average molecular weight is 636 g/mol. The number of aromatic nitrogens is 1. The van der Waals surface area contributed by atoms with Crippen molar-refractivity contribution in [3.05, 3.63) is 128 Å². The number of anilines is 2. The van der Waals surface area contributed by atoms with Gasteiger partial charge in [-0.15, -0.1) is 11.3 Å². The number of nitrogens with zero attached hydrogens (tertiary/aromatic N) is 2. The first-order valence-corrected chi connectivity index (χ1v) is 14.1. The van der Waals surface area contributed by atoms with Crippen LogP contribution >= 0.6 is 38.9 Å². The van der Waals surface area contributed by atoms with Gasteiger partial charge in [-0.25, -0.2) is 14.8 Å². The third kappa shape index (κ3) is 7.32. The average Bonchev–Trinajstić information content (AvgIpc) is 3.43. The molecule has 0 spiro atoms. The van der Waals surface area contributed by atoms with E-state index < -0.39 is 0 Å². The van der Waals surface area contributed by atoms with E-state index in [-0.39, 0.29) is 11.7 Å². The van der Waals surface area contributed by atoms with Crippen molar-refractivity contribution in [1.29, 1.82) is 0 Å². The number of carbonyl (C=O) groups excluding carboxylic acids is 1. The summed E-state index contributed by atoms with van der Waals surface area (Å²) in [5.74, 6) is 0.0225. The molecule has 0 atom stereocenters. The van der Waals surface area contributed by atoms with E-state index in [0.717, 1.165) is 37.7 Å². The highest BCUT2D eigenvalue weighted by molar-refractivity contribution is 9.10. The van der Waals surface area contributed by atoms with E-state index in [1.165, 1.54) is 23.5 Å². The molecular weight excluding hydrogens is 615 g/mol. The lowest BCUT2D eigenvalue weighted by Crippen LogP contribution is -2.17. The molecule has 40 heavy (non-hydrogen) atoms. The molecule has 10 heteroatoms. The SMILES string of the molecule is O=C(N/N=C\c1ccc(OCc2ccc(F)cc2)c(Br)c1)c1ccc(-c2csc(Nc3ccc(Cl)cc3)n2)cc1. The zero-order valence-corrected chi connectivity index (χ0v) is 23.9. The van der Waals surface area contributed by atoms with Crippen molar-refractivity contribution in [3.63, 3.8) is 0 Å². The number of nitrogens with one attached hydrogen (secondary N) is 2. The molecule has 200 valence electrons. The van der Waals surface area contributed by atoms with Crippen molar-refractivity contribution in [1.82, 2.24) is 10.4 Å². The van der Waals surface area contributed by atoms with Gasteiger partial charge in [-0.3, -0.25) is 4.79 Å². The molecule has 1 heterocycles. The van der Waals surface area contributed by atoms with E-state index in [4.69, 9.17) is 16.3 Å². The number of halogens is 3. The van der Waals surface area contributed by atoms with E-state index in [0.29, 0.717) is 22.9 Å². The van der Waals surface area contributed by atoms with Crippen LogP contribution in [-0.2, 0) is 6.61 Å². The van der Waals surface area contributed by atoms with Gasteiger partial charge in [0.2, 0.25) is 0 Å². The molecule has 0 saturated carbocycles. The van der Waals surface area contributed by atoms with Gasteiger partial charge in [-0.2, -0.15) is 5.10 Å². The maximum Gasteiger partial charge on any atom is 0.271 e.